The highest BCUT2D eigenvalue weighted by Gasteiger charge is 2.31. The number of anilines is 3. The van der Waals surface area contributed by atoms with E-state index in [1.807, 2.05) is 0 Å². The number of rotatable bonds is 2. The summed E-state index contributed by atoms with van der Waals surface area (Å²) in [5.74, 6) is -4.89. The van der Waals surface area contributed by atoms with Gasteiger partial charge in [0, 0.05) is 12.1 Å². The van der Waals surface area contributed by atoms with E-state index in [9.17, 15) is 26.3 Å². The van der Waals surface area contributed by atoms with Gasteiger partial charge >= 0.3 is 6.18 Å². The van der Waals surface area contributed by atoms with Crippen LogP contribution in [0.4, 0.5) is 43.7 Å². The molecule has 0 fully saturated rings. The second-order valence-electron chi connectivity index (χ2n) is 4.03. The van der Waals surface area contributed by atoms with Gasteiger partial charge in [0.15, 0.2) is 11.6 Å². The SMILES string of the molecule is Nc1cc(C(F)(F)F)cc(Nc2cc(F)c(F)cc2F)n1. The lowest BCUT2D eigenvalue weighted by atomic mass is 10.2. The van der Waals surface area contributed by atoms with E-state index in [0.29, 0.717) is 18.2 Å². The van der Waals surface area contributed by atoms with Gasteiger partial charge < -0.3 is 11.1 Å². The first-order valence-corrected chi connectivity index (χ1v) is 5.43. The van der Waals surface area contributed by atoms with Crippen LogP contribution in [-0.2, 0) is 6.18 Å². The van der Waals surface area contributed by atoms with Crippen molar-refractivity contribution >= 4 is 17.3 Å². The van der Waals surface area contributed by atoms with Gasteiger partial charge in [-0.1, -0.05) is 0 Å². The Kier molecular flexibility index (Phi) is 3.67. The minimum Gasteiger partial charge on any atom is -0.384 e. The maximum atomic E-state index is 13.4. The summed E-state index contributed by atoms with van der Waals surface area (Å²) < 4.78 is 76.9. The van der Waals surface area contributed by atoms with Crippen molar-refractivity contribution in [2.45, 2.75) is 6.18 Å². The van der Waals surface area contributed by atoms with Crippen molar-refractivity contribution < 1.29 is 26.3 Å². The van der Waals surface area contributed by atoms with E-state index in [4.69, 9.17) is 5.73 Å². The van der Waals surface area contributed by atoms with Crippen LogP contribution in [0.5, 0.6) is 0 Å². The van der Waals surface area contributed by atoms with E-state index in [-0.39, 0.29) is 6.07 Å². The maximum Gasteiger partial charge on any atom is 0.416 e. The lowest BCUT2D eigenvalue weighted by Crippen LogP contribution is -2.09. The predicted molar refractivity (Wildman–Crippen MR) is 63.3 cm³/mol. The maximum absolute atomic E-state index is 13.4. The minimum atomic E-state index is -4.68. The second-order valence-corrected chi connectivity index (χ2v) is 4.03. The van der Waals surface area contributed by atoms with Crippen molar-refractivity contribution in [2.75, 3.05) is 11.1 Å². The Bertz CT molecular complexity index is 683. The molecule has 112 valence electrons. The quantitative estimate of drug-likeness (QED) is 0.654. The predicted octanol–water partition coefficient (Wildman–Crippen LogP) is 3.84. The fourth-order valence-electron chi connectivity index (χ4n) is 1.54. The van der Waals surface area contributed by atoms with E-state index in [0.717, 1.165) is 0 Å². The van der Waals surface area contributed by atoms with Gasteiger partial charge in [-0.15, -0.1) is 0 Å². The summed E-state index contributed by atoms with van der Waals surface area (Å²) in [6.45, 7) is 0. The third-order valence-electron chi connectivity index (χ3n) is 2.45. The van der Waals surface area contributed by atoms with Gasteiger partial charge in [0.05, 0.1) is 11.3 Å². The fraction of sp³-hybridized carbons (Fsp3) is 0.0833. The number of nitrogens with one attached hydrogen (secondary N) is 1. The molecule has 0 bridgehead atoms. The molecular weight excluding hydrogens is 300 g/mol. The average molecular weight is 307 g/mol. The molecule has 0 saturated heterocycles. The Hall–Kier alpha value is -2.45. The van der Waals surface area contributed by atoms with Crippen LogP contribution in [0, 0.1) is 17.5 Å². The van der Waals surface area contributed by atoms with Crippen LogP contribution >= 0.6 is 0 Å². The van der Waals surface area contributed by atoms with E-state index in [1.54, 1.807) is 0 Å². The zero-order valence-electron chi connectivity index (χ0n) is 10.1. The molecule has 3 N–H and O–H groups in total. The Morgan fingerprint density at radius 2 is 1.52 bits per heavy atom. The number of nitrogen functional groups attached to an aromatic ring is 1. The first kappa shape index (κ1) is 14.9. The van der Waals surface area contributed by atoms with Crippen molar-refractivity contribution in [3.05, 3.63) is 47.3 Å². The molecule has 0 aliphatic carbocycles. The summed E-state index contributed by atoms with van der Waals surface area (Å²) in [6.07, 6.45) is -4.68. The van der Waals surface area contributed by atoms with Crippen LogP contribution in [0.1, 0.15) is 5.56 Å². The largest absolute Gasteiger partial charge is 0.416 e. The van der Waals surface area contributed by atoms with Crippen molar-refractivity contribution in [3.8, 4) is 0 Å². The molecule has 0 atom stereocenters. The average Bonchev–Trinajstić information content (AvgIpc) is 2.34. The molecule has 0 aliphatic rings. The monoisotopic (exact) mass is 307 g/mol. The van der Waals surface area contributed by atoms with Gasteiger partial charge in [0.2, 0.25) is 0 Å². The molecule has 1 aromatic carbocycles. The second kappa shape index (κ2) is 5.15. The number of hydrogen-bond acceptors (Lipinski definition) is 3. The molecule has 2 rings (SSSR count). The summed E-state index contributed by atoms with van der Waals surface area (Å²) in [6, 6.07) is 1.88. The van der Waals surface area contributed by atoms with E-state index >= 15 is 0 Å². The van der Waals surface area contributed by atoms with Gasteiger partial charge in [-0.3, -0.25) is 0 Å². The summed E-state index contributed by atoms with van der Waals surface area (Å²) in [4.78, 5) is 3.52. The molecule has 2 aromatic rings. The first-order valence-electron chi connectivity index (χ1n) is 5.43. The van der Waals surface area contributed by atoms with Gasteiger partial charge in [0.1, 0.15) is 17.5 Å². The zero-order chi connectivity index (χ0) is 15.8. The normalized spacial score (nSPS) is 11.5. The Morgan fingerprint density at radius 3 is 2.14 bits per heavy atom. The van der Waals surface area contributed by atoms with Crippen molar-refractivity contribution in [3.63, 3.8) is 0 Å². The molecule has 3 nitrogen and oxygen atoms in total. The van der Waals surface area contributed by atoms with E-state index in [2.05, 4.69) is 10.3 Å². The molecule has 0 amide bonds. The number of nitrogens with zero attached hydrogens (tertiary/aromatic N) is 1. The van der Waals surface area contributed by atoms with E-state index in [1.165, 1.54) is 0 Å². The van der Waals surface area contributed by atoms with Gasteiger partial charge in [0.25, 0.3) is 0 Å². The van der Waals surface area contributed by atoms with Gasteiger partial charge in [-0.25, -0.2) is 18.2 Å². The molecule has 0 spiro atoms. The number of alkyl halides is 3. The third-order valence-corrected chi connectivity index (χ3v) is 2.45. The van der Waals surface area contributed by atoms with Gasteiger partial charge in [-0.05, 0) is 12.1 Å². The van der Waals surface area contributed by atoms with Gasteiger partial charge in [-0.2, -0.15) is 13.2 Å². The summed E-state index contributed by atoms with van der Waals surface area (Å²) in [5.41, 5.74) is 3.54. The zero-order valence-corrected chi connectivity index (χ0v) is 10.1. The Morgan fingerprint density at radius 1 is 0.905 bits per heavy atom. The number of aromatic nitrogens is 1. The van der Waals surface area contributed by atoms with Crippen LogP contribution in [0.15, 0.2) is 24.3 Å². The number of nitrogens with two attached hydrogens (primary N) is 1. The number of benzene rings is 1. The summed E-state index contributed by atoms with van der Waals surface area (Å²) in [7, 11) is 0. The number of pyridine rings is 1. The topological polar surface area (TPSA) is 50.9 Å². The Labute approximate surface area is 114 Å². The molecule has 0 unspecified atom stereocenters. The Balaban J connectivity index is 2.40. The van der Waals surface area contributed by atoms with Crippen molar-refractivity contribution in [2.24, 2.45) is 0 Å². The fourth-order valence-corrected chi connectivity index (χ4v) is 1.54. The minimum absolute atomic E-state index is 0.259. The number of halogens is 6. The molecule has 1 aromatic heterocycles. The highest BCUT2D eigenvalue weighted by atomic mass is 19.4. The molecular formula is C12H7F6N3. The lowest BCUT2D eigenvalue weighted by molar-refractivity contribution is -0.137. The summed E-state index contributed by atoms with van der Waals surface area (Å²) >= 11 is 0. The molecule has 21 heavy (non-hydrogen) atoms. The number of hydrogen-bond donors (Lipinski definition) is 2. The van der Waals surface area contributed by atoms with E-state index < -0.39 is 46.5 Å². The van der Waals surface area contributed by atoms with Crippen LogP contribution in [-0.4, -0.2) is 4.98 Å². The highest BCUT2D eigenvalue weighted by Crippen LogP contribution is 2.32. The van der Waals surface area contributed by atoms with Crippen molar-refractivity contribution in [1.82, 2.24) is 4.98 Å². The molecule has 0 radical (unpaired) electrons. The van der Waals surface area contributed by atoms with Crippen molar-refractivity contribution in [1.29, 1.82) is 0 Å². The van der Waals surface area contributed by atoms with Crippen LogP contribution in [0.25, 0.3) is 0 Å². The third kappa shape index (κ3) is 3.36. The van der Waals surface area contributed by atoms with Crippen LogP contribution < -0.4 is 11.1 Å². The highest BCUT2D eigenvalue weighted by molar-refractivity contribution is 5.59. The molecule has 0 saturated carbocycles. The molecule has 9 heteroatoms. The summed E-state index contributed by atoms with van der Waals surface area (Å²) in [5, 5.41) is 2.12. The lowest BCUT2D eigenvalue weighted by Gasteiger charge is -2.12. The standard InChI is InChI=1S/C12H7F6N3/c13-6-3-8(15)9(4-7(6)14)20-11-2-5(12(16,17)18)1-10(19)21-11/h1-4H,(H3,19,20,21). The molecule has 0 aliphatic heterocycles. The van der Waals surface area contributed by atoms with Crippen LogP contribution in [0.2, 0.25) is 0 Å². The first-order chi connectivity index (χ1) is 9.66. The van der Waals surface area contributed by atoms with Crippen LogP contribution in [0.3, 0.4) is 0 Å². The molecule has 1 heterocycles. The smallest absolute Gasteiger partial charge is 0.384 e.